The molecule has 0 fully saturated rings. The molecule has 0 amide bonds. The Balaban J connectivity index is -0.000000211. The smallest absolute Gasteiger partial charge is 0.547 e. The maximum absolute atomic E-state index is 9.96. The molecule has 0 aliphatic heterocycles. The fourth-order valence-corrected chi connectivity index (χ4v) is 1.30. The van der Waals surface area contributed by atoms with Crippen LogP contribution in [0.4, 0.5) is 0 Å². The molecule has 8 N–H and O–H groups in total. The van der Waals surface area contributed by atoms with E-state index < -0.39 is 72.7 Å². The molecule has 16 nitrogen and oxygen atoms in total. The third-order valence-electron chi connectivity index (χ3n) is 2.96. The second-order valence-electron chi connectivity index (χ2n) is 5.02. The number of aliphatic carboxylic acids is 4. The van der Waals surface area contributed by atoms with Crippen LogP contribution in [0.1, 0.15) is 0 Å². The number of hydrogen-bond acceptors (Lipinski definition) is 16. The van der Waals surface area contributed by atoms with E-state index in [1.54, 1.807) is 0 Å². The topological polar surface area (TPSA) is 322 Å². The second kappa shape index (κ2) is 17.6. The van der Waals surface area contributed by atoms with Gasteiger partial charge in [0.1, 0.15) is 48.8 Å². The van der Waals surface area contributed by atoms with Gasteiger partial charge in [-0.05, 0) is 0 Å². The summed E-state index contributed by atoms with van der Waals surface area (Å²) >= 11 is 0. The van der Waals surface area contributed by atoms with Crippen LogP contribution in [0, 0.1) is 0 Å². The van der Waals surface area contributed by atoms with Gasteiger partial charge in [0, 0.05) is 0 Å². The molecule has 0 rings (SSSR count). The molecular weight excluding hydrogens is 480 g/mol. The summed E-state index contributed by atoms with van der Waals surface area (Å²) < 4.78 is 0. The van der Waals surface area contributed by atoms with E-state index in [0.29, 0.717) is 0 Å². The summed E-state index contributed by atoms with van der Waals surface area (Å²) in [6, 6.07) is 0. The van der Waals surface area contributed by atoms with Crippen LogP contribution in [-0.4, -0.2) is 189 Å². The minimum Gasteiger partial charge on any atom is -0.547 e. The van der Waals surface area contributed by atoms with E-state index in [-0.39, 0.29) is 75.5 Å². The van der Waals surface area contributed by atoms with Crippen molar-refractivity contribution in [2.24, 2.45) is 0 Å². The van der Waals surface area contributed by atoms with E-state index in [9.17, 15) is 39.6 Å². The van der Waals surface area contributed by atoms with Gasteiger partial charge in [-0.15, -0.1) is 0 Å². The monoisotopic (exact) mass is 496 g/mol. The number of carbonyl (C=O) groups is 4. The van der Waals surface area contributed by atoms with Crippen LogP contribution in [0.25, 0.3) is 0 Å². The quantitative estimate of drug-likeness (QED) is 0.130. The van der Waals surface area contributed by atoms with Crippen molar-refractivity contribution in [1.29, 1.82) is 0 Å². The van der Waals surface area contributed by atoms with Crippen LogP contribution in [0.5, 0.6) is 0 Å². The van der Waals surface area contributed by atoms with E-state index >= 15 is 0 Å². The zero-order valence-corrected chi connectivity index (χ0v) is 19.3. The first-order valence-corrected chi connectivity index (χ1v) is 6.85. The Labute approximate surface area is 226 Å². The van der Waals surface area contributed by atoms with Crippen molar-refractivity contribution in [3.05, 3.63) is 0 Å². The minimum absolute atomic E-state index is 0. The fraction of sp³-hybridized carbons (Fsp3) is 0.667. The average Bonchev–Trinajstić information content (AvgIpc) is 2.62. The van der Waals surface area contributed by atoms with Crippen LogP contribution in [-0.2, 0) is 19.2 Å². The summed E-state index contributed by atoms with van der Waals surface area (Å²) in [5.74, 6) is -8.44. The van der Waals surface area contributed by atoms with E-state index in [2.05, 4.69) is 0 Å². The maximum Gasteiger partial charge on any atom is 2.00 e. The van der Waals surface area contributed by atoms with Gasteiger partial charge in [-0.3, -0.25) is 0 Å². The van der Waals surface area contributed by atoms with Gasteiger partial charge in [0.15, 0.2) is 0 Å². The fourth-order valence-electron chi connectivity index (χ4n) is 1.30. The zero-order chi connectivity index (χ0) is 22.9. The van der Waals surface area contributed by atoms with E-state index in [4.69, 9.17) is 40.9 Å². The van der Waals surface area contributed by atoms with Crippen LogP contribution in [0.3, 0.4) is 0 Å². The Morgan fingerprint density at radius 1 is 0.400 bits per heavy atom. The molecule has 0 aliphatic carbocycles. The molecule has 0 aromatic carbocycles. The Kier molecular flexibility index (Phi) is 22.0. The average molecular weight is 496 g/mol. The SMILES string of the molecule is O=C([O-])[C@@H](O)[C@H](O)[C@H](O)[C@H](O)C(=O)[O-].O=C([O-])[C@@H](O)[C@H](O)[C@H](O)[C@H](O)C(=O)[O-].[Ca+2].[Ca+2]. The largest absolute Gasteiger partial charge is 2.00 e. The minimum atomic E-state index is -2.50. The third kappa shape index (κ3) is 12.8. The molecule has 30 heavy (non-hydrogen) atoms. The Morgan fingerprint density at radius 3 is 0.567 bits per heavy atom. The first-order valence-electron chi connectivity index (χ1n) is 6.85. The van der Waals surface area contributed by atoms with Crippen LogP contribution >= 0.6 is 0 Å². The molecule has 8 atom stereocenters. The Morgan fingerprint density at radius 2 is 0.500 bits per heavy atom. The number of rotatable bonds is 10. The molecule has 0 radical (unpaired) electrons. The van der Waals surface area contributed by atoms with E-state index in [0.717, 1.165) is 0 Å². The molecule has 0 spiro atoms. The summed E-state index contributed by atoms with van der Waals surface area (Å²) in [5.41, 5.74) is 0. The van der Waals surface area contributed by atoms with Crippen molar-refractivity contribution in [2.45, 2.75) is 48.8 Å². The Bertz CT molecular complexity index is 462. The number of hydrogen-bond donors (Lipinski definition) is 8. The van der Waals surface area contributed by atoms with Gasteiger partial charge in [-0.25, -0.2) is 0 Å². The molecule has 0 aromatic rings. The van der Waals surface area contributed by atoms with Crippen molar-refractivity contribution in [3.63, 3.8) is 0 Å². The molecule has 0 heterocycles. The van der Waals surface area contributed by atoms with Crippen molar-refractivity contribution < 1.29 is 80.5 Å². The Hall–Kier alpha value is 0.0795. The summed E-state index contributed by atoms with van der Waals surface area (Å²) in [6.45, 7) is 0. The molecule has 0 unspecified atom stereocenters. The van der Waals surface area contributed by atoms with Gasteiger partial charge in [0.25, 0.3) is 0 Å². The van der Waals surface area contributed by atoms with Crippen LogP contribution in [0.2, 0.25) is 0 Å². The molecule has 0 aliphatic rings. The zero-order valence-electron chi connectivity index (χ0n) is 14.9. The van der Waals surface area contributed by atoms with Gasteiger partial charge < -0.3 is 80.5 Å². The molecular formula is C12H16Ca2O16. The summed E-state index contributed by atoms with van der Waals surface area (Å²) in [4.78, 5) is 39.8. The maximum atomic E-state index is 9.96. The van der Waals surface area contributed by atoms with Crippen molar-refractivity contribution in [2.75, 3.05) is 0 Å². The van der Waals surface area contributed by atoms with Gasteiger partial charge >= 0.3 is 75.5 Å². The number of carbonyl (C=O) groups excluding carboxylic acids is 4. The number of carboxylic acid groups (broad SMARTS) is 4. The number of aliphatic hydroxyl groups is 8. The second-order valence-corrected chi connectivity index (χ2v) is 5.02. The van der Waals surface area contributed by atoms with Gasteiger partial charge in [-0.1, -0.05) is 0 Å². The summed E-state index contributed by atoms with van der Waals surface area (Å²) in [7, 11) is 0. The van der Waals surface area contributed by atoms with E-state index in [1.165, 1.54) is 0 Å². The van der Waals surface area contributed by atoms with Crippen molar-refractivity contribution >= 4 is 99.4 Å². The molecule has 0 saturated carbocycles. The van der Waals surface area contributed by atoms with Crippen LogP contribution in [0.15, 0.2) is 0 Å². The normalized spacial score (nSPS) is 18.1. The van der Waals surface area contributed by atoms with Gasteiger partial charge in [-0.2, -0.15) is 0 Å². The van der Waals surface area contributed by atoms with E-state index in [1.807, 2.05) is 0 Å². The third-order valence-corrected chi connectivity index (χ3v) is 2.96. The predicted molar refractivity (Wildman–Crippen MR) is 79.6 cm³/mol. The number of carboxylic acids is 4. The molecule has 0 bridgehead atoms. The summed E-state index contributed by atoms with van der Waals surface area (Å²) in [5, 5.41) is 109. The molecule has 0 saturated heterocycles. The van der Waals surface area contributed by atoms with Crippen LogP contribution < -0.4 is 20.4 Å². The molecule has 164 valence electrons. The standard InChI is InChI=1S/2C6H10O8.2Ca/c2*7-1(3(9)5(11)12)2(8)4(10)6(13)14;;/h2*1-4,7-10H,(H,11,12)(H,13,14);;/q;;2*+2/p-4/t2*1-,2+,3-,4-;;/m00../s1. The summed E-state index contributed by atoms with van der Waals surface area (Å²) in [6.07, 6.45) is -19.5. The number of aliphatic hydroxyl groups excluding tert-OH is 8. The van der Waals surface area contributed by atoms with Crippen molar-refractivity contribution in [1.82, 2.24) is 0 Å². The molecule has 18 heteroatoms. The first-order chi connectivity index (χ1) is 12.6. The molecule has 0 aromatic heterocycles. The predicted octanol–water partition coefficient (Wildman–Crippen LogP) is -12.9. The van der Waals surface area contributed by atoms with Gasteiger partial charge in [0.05, 0.1) is 23.9 Å². The van der Waals surface area contributed by atoms with Crippen molar-refractivity contribution in [3.8, 4) is 0 Å². The van der Waals surface area contributed by atoms with Gasteiger partial charge in [0.2, 0.25) is 0 Å². The first kappa shape index (κ1) is 37.4.